The first-order valence-electron chi connectivity index (χ1n) is 12.1. The Hall–Kier alpha value is -3.27. The Balaban J connectivity index is 1.80. The molecule has 0 aliphatic heterocycles. The quantitative estimate of drug-likeness (QED) is 0.329. The van der Waals surface area contributed by atoms with E-state index in [2.05, 4.69) is 4.90 Å². The fourth-order valence-corrected chi connectivity index (χ4v) is 4.51. The molecule has 0 spiro atoms. The predicted octanol–water partition coefficient (Wildman–Crippen LogP) is 4.37. The number of methoxy groups -OCH3 is 1. The molecule has 1 unspecified atom stereocenters. The highest BCUT2D eigenvalue weighted by atomic mass is 35.5. The number of aliphatic carboxylic acids is 1. The van der Waals surface area contributed by atoms with Gasteiger partial charge in [-0.15, -0.1) is 0 Å². The average molecular weight is 564 g/mol. The van der Waals surface area contributed by atoms with E-state index >= 15 is 0 Å². The molecule has 2 aromatic carbocycles. The largest absolute Gasteiger partial charge is 0.493 e. The first-order valence-corrected chi connectivity index (χ1v) is 12.9. The van der Waals surface area contributed by atoms with Crippen molar-refractivity contribution in [3.8, 4) is 11.5 Å². The summed E-state index contributed by atoms with van der Waals surface area (Å²) in [5, 5.41) is 10.4. The summed E-state index contributed by atoms with van der Waals surface area (Å²) in [4.78, 5) is 38.1. The maximum absolute atomic E-state index is 12.2. The van der Waals surface area contributed by atoms with Crippen molar-refractivity contribution >= 4 is 29.2 Å². The van der Waals surface area contributed by atoms with Gasteiger partial charge in [0.2, 0.25) is 0 Å². The highest BCUT2D eigenvalue weighted by molar-refractivity contribution is 6.42. The van der Waals surface area contributed by atoms with Crippen LogP contribution < -0.4 is 20.7 Å². The maximum Gasteiger partial charge on any atom is 0.330 e. The molecule has 0 fully saturated rings. The van der Waals surface area contributed by atoms with Crippen LogP contribution in [0.1, 0.15) is 36.9 Å². The van der Waals surface area contributed by atoms with Crippen molar-refractivity contribution in [2.45, 2.75) is 38.9 Å². The minimum atomic E-state index is -0.921. The molecule has 0 radical (unpaired) electrons. The lowest BCUT2D eigenvalue weighted by Gasteiger charge is -2.31. The van der Waals surface area contributed by atoms with Gasteiger partial charge in [-0.3, -0.25) is 19.1 Å². The van der Waals surface area contributed by atoms with Gasteiger partial charge in [0, 0.05) is 31.9 Å². The zero-order valence-corrected chi connectivity index (χ0v) is 23.0. The number of carboxylic acid groups (broad SMARTS) is 1. The highest BCUT2D eigenvalue weighted by Gasteiger charge is 2.24. The number of aromatic nitrogens is 2. The van der Waals surface area contributed by atoms with E-state index in [-0.39, 0.29) is 19.6 Å². The SMILES string of the molecule is CCCN(Cc1ccc(OCCn2c(=O)ccn(C)c2=O)c(OC)c1)C(CC(=O)O)c1ccc(Cl)c(Cl)c1. The molecule has 0 saturated heterocycles. The van der Waals surface area contributed by atoms with Crippen LogP contribution in [0.3, 0.4) is 0 Å². The van der Waals surface area contributed by atoms with Gasteiger partial charge in [0.1, 0.15) is 6.61 Å². The number of halogens is 2. The third-order valence-corrected chi connectivity index (χ3v) is 6.81. The Bertz CT molecular complexity index is 1390. The van der Waals surface area contributed by atoms with E-state index in [1.165, 1.54) is 23.9 Å². The van der Waals surface area contributed by atoms with Crippen LogP contribution in [0.2, 0.25) is 10.0 Å². The lowest BCUT2D eigenvalue weighted by molar-refractivity contribution is -0.138. The number of rotatable bonds is 13. The standard InChI is InChI=1S/C27H31Cl2N3O6/c1-4-10-31(22(16-26(34)35)19-6-7-20(28)21(29)15-19)17-18-5-8-23(24(14-18)37-3)38-13-12-32-25(33)9-11-30(2)27(32)36/h5-9,11,14-15,22H,4,10,12-13,16-17H2,1-3H3,(H,34,35). The molecule has 0 amide bonds. The number of nitrogens with zero attached hydrogens (tertiary/aromatic N) is 3. The molecular weight excluding hydrogens is 533 g/mol. The van der Waals surface area contributed by atoms with E-state index in [4.69, 9.17) is 32.7 Å². The van der Waals surface area contributed by atoms with Crippen molar-refractivity contribution < 1.29 is 19.4 Å². The van der Waals surface area contributed by atoms with Gasteiger partial charge in [0.25, 0.3) is 5.56 Å². The van der Waals surface area contributed by atoms with Crippen LogP contribution in [0.4, 0.5) is 0 Å². The molecule has 1 atom stereocenters. The molecule has 1 heterocycles. The van der Waals surface area contributed by atoms with Crippen LogP contribution in [0.5, 0.6) is 11.5 Å². The van der Waals surface area contributed by atoms with E-state index in [1.807, 2.05) is 19.1 Å². The first kappa shape index (κ1) is 29.3. The van der Waals surface area contributed by atoms with E-state index in [9.17, 15) is 19.5 Å². The van der Waals surface area contributed by atoms with Crippen molar-refractivity contribution in [1.29, 1.82) is 0 Å². The number of ether oxygens (including phenoxy) is 2. The summed E-state index contributed by atoms with van der Waals surface area (Å²) in [6, 6.07) is 11.6. The minimum absolute atomic E-state index is 0.0854. The molecule has 1 aromatic heterocycles. The number of carbonyl (C=O) groups is 1. The molecule has 0 saturated carbocycles. The van der Waals surface area contributed by atoms with Gasteiger partial charge in [-0.05, 0) is 48.4 Å². The predicted molar refractivity (Wildman–Crippen MR) is 147 cm³/mol. The van der Waals surface area contributed by atoms with Gasteiger partial charge in [-0.2, -0.15) is 0 Å². The Morgan fingerprint density at radius 1 is 1.08 bits per heavy atom. The van der Waals surface area contributed by atoms with Crippen LogP contribution >= 0.6 is 23.2 Å². The fraction of sp³-hybridized carbons (Fsp3) is 0.370. The molecule has 0 aliphatic rings. The second-order valence-corrected chi connectivity index (χ2v) is 9.60. The van der Waals surface area contributed by atoms with Crippen molar-refractivity contribution in [3.05, 3.63) is 90.7 Å². The monoisotopic (exact) mass is 563 g/mol. The smallest absolute Gasteiger partial charge is 0.330 e. The van der Waals surface area contributed by atoms with Gasteiger partial charge in [-0.1, -0.05) is 42.3 Å². The first-order chi connectivity index (χ1) is 18.1. The Morgan fingerprint density at radius 2 is 1.84 bits per heavy atom. The van der Waals surface area contributed by atoms with Crippen molar-refractivity contribution in [2.75, 3.05) is 20.3 Å². The van der Waals surface area contributed by atoms with Crippen LogP contribution in [0.25, 0.3) is 0 Å². The van der Waals surface area contributed by atoms with Crippen molar-refractivity contribution in [1.82, 2.24) is 14.0 Å². The molecule has 0 aliphatic carbocycles. The number of aryl methyl sites for hydroxylation is 1. The lowest BCUT2D eigenvalue weighted by atomic mass is 10.0. The zero-order chi connectivity index (χ0) is 27.8. The number of hydrogen-bond acceptors (Lipinski definition) is 6. The summed E-state index contributed by atoms with van der Waals surface area (Å²) < 4.78 is 13.8. The van der Waals surface area contributed by atoms with Gasteiger partial charge < -0.3 is 19.1 Å². The Labute approximate surface area is 230 Å². The molecule has 3 rings (SSSR count). The Kier molecular flexibility index (Phi) is 10.4. The molecule has 1 N–H and O–H groups in total. The van der Waals surface area contributed by atoms with Gasteiger partial charge in [0.15, 0.2) is 11.5 Å². The van der Waals surface area contributed by atoms with Crippen molar-refractivity contribution in [3.63, 3.8) is 0 Å². The van der Waals surface area contributed by atoms with Gasteiger partial charge >= 0.3 is 11.7 Å². The molecule has 11 heteroatoms. The molecule has 9 nitrogen and oxygen atoms in total. The van der Waals surface area contributed by atoms with Gasteiger partial charge in [0.05, 0.1) is 30.1 Å². The van der Waals surface area contributed by atoms with E-state index in [0.29, 0.717) is 34.6 Å². The van der Waals surface area contributed by atoms with E-state index in [1.54, 1.807) is 31.3 Å². The summed E-state index contributed by atoms with van der Waals surface area (Å²) in [6.07, 6.45) is 2.14. The van der Waals surface area contributed by atoms with Crippen LogP contribution in [-0.4, -0.2) is 45.4 Å². The van der Waals surface area contributed by atoms with Crippen molar-refractivity contribution in [2.24, 2.45) is 7.05 Å². The third kappa shape index (κ3) is 7.40. The van der Waals surface area contributed by atoms with Crippen LogP contribution in [0.15, 0.2) is 58.3 Å². The highest BCUT2D eigenvalue weighted by Crippen LogP contribution is 2.33. The second kappa shape index (κ2) is 13.5. The summed E-state index contributed by atoms with van der Waals surface area (Å²) >= 11 is 12.3. The second-order valence-electron chi connectivity index (χ2n) is 8.79. The summed E-state index contributed by atoms with van der Waals surface area (Å²) in [7, 11) is 3.10. The van der Waals surface area contributed by atoms with E-state index < -0.39 is 23.3 Å². The Morgan fingerprint density at radius 3 is 2.50 bits per heavy atom. The third-order valence-electron chi connectivity index (χ3n) is 6.07. The molecule has 204 valence electrons. The fourth-order valence-electron chi connectivity index (χ4n) is 4.21. The molecular formula is C27H31Cl2N3O6. The maximum atomic E-state index is 12.2. The number of hydrogen-bond donors (Lipinski definition) is 1. The number of carboxylic acids is 1. The molecule has 38 heavy (non-hydrogen) atoms. The topological polar surface area (TPSA) is 103 Å². The average Bonchev–Trinajstić information content (AvgIpc) is 2.88. The lowest BCUT2D eigenvalue weighted by Crippen LogP contribution is -2.39. The summed E-state index contributed by atoms with van der Waals surface area (Å²) in [5.41, 5.74) is 0.848. The summed E-state index contributed by atoms with van der Waals surface area (Å²) in [5.74, 6) is 0.0260. The summed E-state index contributed by atoms with van der Waals surface area (Å²) in [6.45, 7) is 3.32. The van der Waals surface area contributed by atoms with Crippen LogP contribution in [-0.2, 0) is 24.9 Å². The number of benzene rings is 2. The molecule has 0 bridgehead atoms. The van der Waals surface area contributed by atoms with E-state index in [0.717, 1.165) is 22.1 Å². The minimum Gasteiger partial charge on any atom is -0.493 e. The zero-order valence-electron chi connectivity index (χ0n) is 21.5. The van der Waals surface area contributed by atoms with Gasteiger partial charge in [-0.25, -0.2) is 4.79 Å². The van der Waals surface area contributed by atoms with Crippen LogP contribution in [0, 0.1) is 0 Å². The normalized spacial score (nSPS) is 11.9. The molecule has 3 aromatic rings.